The molecule has 0 aromatic heterocycles. The molecule has 28 heavy (non-hydrogen) atoms. The van der Waals surface area contributed by atoms with E-state index < -0.39 is 5.60 Å². The van der Waals surface area contributed by atoms with Crippen LogP contribution in [0.3, 0.4) is 0 Å². The van der Waals surface area contributed by atoms with Crippen LogP contribution in [-0.4, -0.2) is 27.5 Å². The molecule has 0 aliphatic carbocycles. The lowest BCUT2D eigenvalue weighted by Gasteiger charge is -2.16. The predicted octanol–water partition coefficient (Wildman–Crippen LogP) is 3.96. The van der Waals surface area contributed by atoms with Crippen molar-refractivity contribution >= 4 is 0 Å². The highest BCUT2D eigenvalue weighted by Gasteiger charge is 2.11. The Bertz CT molecular complexity index is 721. The first-order valence-electron chi connectivity index (χ1n) is 9.82. The van der Waals surface area contributed by atoms with Gasteiger partial charge < -0.3 is 24.8 Å². The number of hydrogen-bond donors (Lipinski definition) is 3. The van der Waals surface area contributed by atoms with Crippen LogP contribution in [-0.2, 0) is 19.8 Å². The van der Waals surface area contributed by atoms with Crippen LogP contribution in [0.5, 0.6) is 11.5 Å². The summed E-state index contributed by atoms with van der Waals surface area (Å²) in [6.45, 7) is 4.48. The smallest absolute Gasteiger partial charge is 0.120 e. The van der Waals surface area contributed by atoms with Crippen molar-refractivity contribution in [1.82, 2.24) is 0 Å². The molecule has 0 atom stereocenters. The second-order valence-electron chi connectivity index (χ2n) is 7.65. The minimum Gasteiger partial charge on any atom is -0.494 e. The van der Waals surface area contributed by atoms with Crippen LogP contribution in [0.25, 0.3) is 0 Å². The summed E-state index contributed by atoms with van der Waals surface area (Å²) in [5.41, 5.74) is 1.77. The number of aliphatic hydroxyl groups is 3. The molecule has 0 bridgehead atoms. The van der Waals surface area contributed by atoms with Crippen LogP contribution >= 0.6 is 0 Å². The molecule has 0 radical (unpaired) electrons. The Morgan fingerprint density at radius 1 is 0.821 bits per heavy atom. The van der Waals surface area contributed by atoms with Crippen molar-refractivity contribution < 1.29 is 24.8 Å². The molecule has 0 fully saturated rings. The minimum atomic E-state index is -0.592. The Morgan fingerprint density at radius 3 is 2.29 bits per heavy atom. The average molecular weight is 389 g/mol. The Morgan fingerprint density at radius 2 is 1.57 bits per heavy atom. The van der Waals surface area contributed by atoms with E-state index in [4.69, 9.17) is 9.47 Å². The SMILES string of the molecule is CC(C)(O)CCCCCOc1cccc(COc2ccc(CO)c(CO)c2)c1. The van der Waals surface area contributed by atoms with Crippen molar-refractivity contribution in [3.05, 3.63) is 59.2 Å². The third-order valence-corrected chi connectivity index (χ3v) is 4.52. The highest BCUT2D eigenvalue weighted by atomic mass is 16.5. The van der Waals surface area contributed by atoms with E-state index >= 15 is 0 Å². The maximum absolute atomic E-state index is 9.70. The van der Waals surface area contributed by atoms with E-state index in [9.17, 15) is 15.3 Å². The van der Waals surface area contributed by atoms with Crippen LogP contribution in [0.2, 0.25) is 0 Å². The molecule has 0 unspecified atom stereocenters. The summed E-state index contributed by atoms with van der Waals surface area (Å²) in [4.78, 5) is 0. The molecule has 0 saturated heterocycles. The Balaban J connectivity index is 1.78. The van der Waals surface area contributed by atoms with Crippen LogP contribution in [0.1, 0.15) is 56.2 Å². The van der Waals surface area contributed by atoms with Gasteiger partial charge in [-0.25, -0.2) is 0 Å². The molecule has 2 rings (SSSR count). The van der Waals surface area contributed by atoms with Gasteiger partial charge in [0.1, 0.15) is 18.1 Å². The van der Waals surface area contributed by atoms with Crippen LogP contribution in [0.15, 0.2) is 42.5 Å². The molecule has 0 aliphatic heterocycles. The summed E-state index contributed by atoms with van der Waals surface area (Å²) < 4.78 is 11.6. The second-order valence-corrected chi connectivity index (χ2v) is 7.65. The van der Waals surface area contributed by atoms with E-state index in [2.05, 4.69) is 0 Å². The Kier molecular flexibility index (Phi) is 8.77. The fourth-order valence-electron chi connectivity index (χ4n) is 2.91. The standard InChI is InChI=1S/C23H32O5/c1-23(2,26)11-4-3-5-12-27-21-8-6-7-18(13-21)17-28-22-10-9-19(15-24)20(14-22)16-25/h6-10,13-14,24-26H,3-5,11-12,15-17H2,1-2H3. The highest BCUT2D eigenvalue weighted by molar-refractivity contribution is 5.35. The first kappa shape index (κ1) is 22.2. The van der Waals surface area contributed by atoms with E-state index in [0.29, 0.717) is 30.1 Å². The van der Waals surface area contributed by atoms with Gasteiger partial charge in [-0.2, -0.15) is 0 Å². The van der Waals surface area contributed by atoms with Gasteiger partial charge >= 0.3 is 0 Å². The van der Waals surface area contributed by atoms with Gasteiger partial charge in [-0.1, -0.05) is 24.6 Å². The molecular formula is C23H32O5. The molecule has 0 aliphatic rings. The molecule has 0 spiro atoms. The second kappa shape index (κ2) is 11.1. The van der Waals surface area contributed by atoms with E-state index in [1.165, 1.54) is 0 Å². The van der Waals surface area contributed by atoms with E-state index in [-0.39, 0.29) is 13.2 Å². The van der Waals surface area contributed by atoms with Crippen LogP contribution < -0.4 is 9.47 Å². The van der Waals surface area contributed by atoms with Gasteiger partial charge in [0.2, 0.25) is 0 Å². The third kappa shape index (κ3) is 7.89. The van der Waals surface area contributed by atoms with Crippen molar-refractivity contribution in [2.45, 2.75) is 65.0 Å². The van der Waals surface area contributed by atoms with Crippen molar-refractivity contribution in [2.75, 3.05) is 6.61 Å². The Labute approximate surface area is 167 Å². The molecule has 0 saturated carbocycles. The summed E-state index contributed by atoms with van der Waals surface area (Å²) in [6.07, 6.45) is 3.78. The summed E-state index contributed by atoms with van der Waals surface area (Å²) in [6, 6.07) is 13.1. The first-order valence-corrected chi connectivity index (χ1v) is 9.82. The zero-order valence-corrected chi connectivity index (χ0v) is 16.9. The quantitative estimate of drug-likeness (QED) is 0.480. The van der Waals surface area contributed by atoms with Crippen LogP contribution in [0.4, 0.5) is 0 Å². The zero-order valence-electron chi connectivity index (χ0n) is 16.9. The van der Waals surface area contributed by atoms with Crippen molar-refractivity contribution in [2.24, 2.45) is 0 Å². The third-order valence-electron chi connectivity index (χ3n) is 4.52. The number of aliphatic hydroxyl groups excluding tert-OH is 2. The number of ether oxygens (including phenoxy) is 2. The first-order chi connectivity index (χ1) is 13.4. The number of hydrogen-bond acceptors (Lipinski definition) is 5. The molecule has 154 valence electrons. The molecule has 2 aromatic rings. The summed E-state index contributed by atoms with van der Waals surface area (Å²) in [7, 11) is 0. The molecule has 0 amide bonds. The number of benzene rings is 2. The fraction of sp³-hybridized carbons (Fsp3) is 0.478. The molecule has 3 N–H and O–H groups in total. The van der Waals surface area contributed by atoms with Crippen LogP contribution in [0, 0.1) is 0 Å². The zero-order chi connectivity index (χ0) is 20.4. The number of unbranched alkanes of at least 4 members (excludes halogenated alkanes) is 2. The van der Waals surface area contributed by atoms with Gasteiger partial charge in [0, 0.05) is 0 Å². The maximum Gasteiger partial charge on any atom is 0.120 e. The van der Waals surface area contributed by atoms with Crippen molar-refractivity contribution in [3.63, 3.8) is 0 Å². The lowest BCUT2D eigenvalue weighted by atomic mass is 10.0. The van der Waals surface area contributed by atoms with E-state index in [1.54, 1.807) is 18.2 Å². The number of rotatable bonds is 12. The lowest BCUT2D eigenvalue weighted by Crippen LogP contribution is -2.17. The molecule has 5 nitrogen and oxygen atoms in total. The van der Waals surface area contributed by atoms with Crippen molar-refractivity contribution in [3.8, 4) is 11.5 Å². The molecule has 5 heteroatoms. The predicted molar refractivity (Wildman–Crippen MR) is 109 cm³/mol. The average Bonchev–Trinajstić information content (AvgIpc) is 2.68. The summed E-state index contributed by atoms with van der Waals surface area (Å²) in [5.74, 6) is 1.47. The van der Waals surface area contributed by atoms with E-state index in [1.807, 2.05) is 38.1 Å². The van der Waals surface area contributed by atoms with E-state index in [0.717, 1.165) is 37.0 Å². The lowest BCUT2D eigenvalue weighted by molar-refractivity contribution is 0.0677. The Hall–Kier alpha value is -2.08. The van der Waals surface area contributed by atoms with Gasteiger partial charge in [-0.05, 0) is 74.1 Å². The molecule has 0 heterocycles. The monoisotopic (exact) mass is 388 g/mol. The van der Waals surface area contributed by atoms with Gasteiger partial charge in [0.05, 0.1) is 25.4 Å². The van der Waals surface area contributed by atoms with Gasteiger partial charge in [0.15, 0.2) is 0 Å². The van der Waals surface area contributed by atoms with Gasteiger partial charge in [-0.3, -0.25) is 0 Å². The van der Waals surface area contributed by atoms with Gasteiger partial charge in [-0.15, -0.1) is 0 Å². The molecular weight excluding hydrogens is 356 g/mol. The van der Waals surface area contributed by atoms with Crippen molar-refractivity contribution in [1.29, 1.82) is 0 Å². The minimum absolute atomic E-state index is 0.104. The summed E-state index contributed by atoms with van der Waals surface area (Å²) in [5, 5.41) is 28.3. The largest absolute Gasteiger partial charge is 0.494 e. The molecule has 2 aromatic carbocycles. The highest BCUT2D eigenvalue weighted by Crippen LogP contribution is 2.21. The van der Waals surface area contributed by atoms with Gasteiger partial charge in [0.25, 0.3) is 0 Å². The summed E-state index contributed by atoms with van der Waals surface area (Å²) >= 11 is 0. The fourth-order valence-corrected chi connectivity index (χ4v) is 2.91. The normalized spacial score (nSPS) is 11.5. The maximum atomic E-state index is 9.70. The topological polar surface area (TPSA) is 79.2 Å².